The zero-order valence-electron chi connectivity index (χ0n) is 17.8. The summed E-state index contributed by atoms with van der Waals surface area (Å²) in [5.74, 6) is 0.315. The van der Waals surface area contributed by atoms with Crippen molar-refractivity contribution in [3.63, 3.8) is 0 Å². The number of hydrogen-bond acceptors (Lipinski definition) is 4. The molecule has 1 aliphatic heterocycles. The minimum Gasteiger partial charge on any atom is -0.384 e. The van der Waals surface area contributed by atoms with Gasteiger partial charge in [0.25, 0.3) is 5.91 Å². The van der Waals surface area contributed by atoms with Gasteiger partial charge in [0.1, 0.15) is 5.82 Å². The predicted octanol–water partition coefficient (Wildman–Crippen LogP) is 4.51. The first kappa shape index (κ1) is 20.9. The molecule has 0 atom stereocenters. The summed E-state index contributed by atoms with van der Waals surface area (Å²) in [4.78, 5) is 17.0. The molecule has 1 N–H and O–H groups in total. The van der Waals surface area contributed by atoms with E-state index in [1.807, 2.05) is 24.0 Å². The average molecular weight is 419 g/mol. The fourth-order valence-electron chi connectivity index (χ4n) is 3.87. The van der Waals surface area contributed by atoms with Crippen LogP contribution in [-0.2, 0) is 0 Å². The van der Waals surface area contributed by atoms with E-state index in [1.165, 1.54) is 18.9 Å². The second-order valence-electron chi connectivity index (χ2n) is 8.42. The number of halogens is 1. The molecule has 0 spiro atoms. The van der Waals surface area contributed by atoms with Crippen molar-refractivity contribution < 1.29 is 9.18 Å². The molecule has 5 nitrogen and oxygen atoms in total. The molecule has 1 saturated heterocycles. The summed E-state index contributed by atoms with van der Waals surface area (Å²) >= 11 is 0. The molecule has 6 heteroatoms. The Hall–Kier alpha value is -3.33. The highest BCUT2D eigenvalue weighted by Gasteiger charge is 2.26. The van der Waals surface area contributed by atoms with Gasteiger partial charge in [0, 0.05) is 38.4 Å². The van der Waals surface area contributed by atoms with Crippen molar-refractivity contribution in [2.75, 3.05) is 42.9 Å². The zero-order valence-corrected chi connectivity index (χ0v) is 17.8. The van der Waals surface area contributed by atoms with Gasteiger partial charge < -0.3 is 15.1 Å². The van der Waals surface area contributed by atoms with Gasteiger partial charge in [-0.3, -0.25) is 4.79 Å². The van der Waals surface area contributed by atoms with Gasteiger partial charge in [0.05, 0.1) is 22.9 Å². The first-order chi connectivity index (χ1) is 15.0. The molecular weight excluding hydrogens is 391 g/mol. The van der Waals surface area contributed by atoms with Crippen LogP contribution >= 0.6 is 0 Å². The Kier molecular flexibility index (Phi) is 5.94. The molecule has 0 radical (unpaired) electrons. The number of allylic oxidation sites excluding steroid dienone is 1. The van der Waals surface area contributed by atoms with Crippen LogP contribution in [0, 0.1) is 23.1 Å². The van der Waals surface area contributed by atoms with Gasteiger partial charge in [-0.05, 0) is 61.6 Å². The van der Waals surface area contributed by atoms with Crippen molar-refractivity contribution in [1.82, 2.24) is 4.90 Å². The van der Waals surface area contributed by atoms with Gasteiger partial charge in [0.2, 0.25) is 0 Å². The first-order valence-electron chi connectivity index (χ1n) is 10.7. The Labute approximate surface area is 182 Å². The number of nitrogens with one attached hydrogen (secondary N) is 1. The van der Waals surface area contributed by atoms with E-state index >= 15 is 0 Å². The second-order valence-corrected chi connectivity index (χ2v) is 8.42. The molecule has 1 aliphatic carbocycles. The number of rotatable bonds is 6. The number of carbonyl (C=O) groups is 1. The highest BCUT2D eigenvalue weighted by molar-refractivity contribution is 6.00. The van der Waals surface area contributed by atoms with Crippen LogP contribution in [0.1, 0.15) is 41.3 Å². The second kappa shape index (κ2) is 8.81. The number of benzene rings is 2. The number of piperazine rings is 1. The number of anilines is 2. The molecule has 1 amide bonds. The summed E-state index contributed by atoms with van der Waals surface area (Å²) in [7, 11) is 0. The van der Waals surface area contributed by atoms with E-state index in [0.717, 1.165) is 23.4 Å². The monoisotopic (exact) mass is 418 g/mol. The fraction of sp³-hybridized carbons (Fsp3) is 0.360. The van der Waals surface area contributed by atoms with Gasteiger partial charge in [-0.1, -0.05) is 18.2 Å². The maximum Gasteiger partial charge on any atom is 0.256 e. The van der Waals surface area contributed by atoms with E-state index in [4.69, 9.17) is 0 Å². The summed E-state index contributed by atoms with van der Waals surface area (Å²) in [6.07, 6.45) is 2.44. The van der Waals surface area contributed by atoms with Crippen LogP contribution < -0.4 is 10.2 Å². The molecular formula is C25H27FN4O. The Morgan fingerprint density at radius 1 is 1.19 bits per heavy atom. The number of hydrogen-bond donors (Lipinski definition) is 1. The van der Waals surface area contributed by atoms with Crippen molar-refractivity contribution in [1.29, 1.82) is 5.26 Å². The molecule has 2 aromatic carbocycles. The van der Waals surface area contributed by atoms with E-state index in [-0.39, 0.29) is 11.7 Å². The Balaban J connectivity index is 1.46. The fourth-order valence-corrected chi connectivity index (χ4v) is 3.87. The molecule has 2 aromatic rings. The smallest absolute Gasteiger partial charge is 0.256 e. The summed E-state index contributed by atoms with van der Waals surface area (Å²) in [6, 6.07) is 12.5. The molecule has 31 heavy (non-hydrogen) atoms. The highest BCUT2D eigenvalue weighted by atomic mass is 19.1. The molecule has 1 saturated carbocycles. The van der Waals surface area contributed by atoms with E-state index in [2.05, 4.69) is 18.0 Å². The molecule has 0 bridgehead atoms. The largest absolute Gasteiger partial charge is 0.384 e. The topological polar surface area (TPSA) is 59.4 Å². The van der Waals surface area contributed by atoms with Crippen LogP contribution in [0.4, 0.5) is 15.8 Å². The van der Waals surface area contributed by atoms with Crippen LogP contribution in [-0.4, -0.2) is 43.5 Å². The van der Waals surface area contributed by atoms with Crippen molar-refractivity contribution in [2.45, 2.75) is 19.8 Å². The van der Waals surface area contributed by atoms with Crippen LogP contribution in [0.15, 0.2) is 43.0 Å². The molecule has 2 fully saturated rings. The average Bonchev–Trinajstić information content (AvgIpc) is 3.61. The number of amides is 1. The van der Waals surface area contributed by atoms with Gasteiger partial charge >= 0.3 is 0 Å². The maximum atomic E-state index is 14.6. The van der Waals surface area contributed by atoms with E-state index < -0.39 is 0 Å². The molecule has 1 heterocycles. The van der Waals surface area contributed by atoms with Crippen molar-refractivity contribution in [3.05, 3.63) is 65.5 Å². The van der Waals surface area contributed by atoms with Crippen LogP contribution in [0.5, 0.6) is 0 Å². The third-order valence-corrected chi connectivity index (χ3v) is 6.01. The van der Waals surface area contributed by atoms with E-state index in [9.17, 15) is 14.4 Å². The van der Waals surface area contributed by atoms with E-state index in [0.29, 0.717) is 48.9 Å². The highest BCUT2D eigenvalue weighted by Crippen LogP contribution is 2.30. The molecule has 0 unspecified atom stereocenters. The molecule has 0 aromatic heterocycles. The van der Waals surface area contributed by atoms with Crippen molar-refractivity contribution >= 4 is 22.9 Å². The third kappa shape index (κ3) is 4.72. The lowest BCUT2D eigenvalue weighted by molar-refractivity contribution is 0.0747. The SMILES string of the molecule is C=C(C)c1ccc(N2CCN(C(=O)c3cc(C#N)ccc3NCC3CC3)CC2)c(F)c1. The summed E-state index contributed by atoms with van der Waals surface area (Å²) in [5.41, 5.74) is 3.95. The quantitative estimate of drug-likeness (QED) is 0.750. The lowest BCUT2D eigenvalue weighted by atomic mass is 10.1. The van der Waals surface area contributed by atoms with Crippen molar-refractivity contribution in [3.8, 4) is 6.07 Å². The zero-order chi connectivity index (χ0) is 22.0. The standard InChI is InChI=1S/C25H27FN4O/c1-17(2)20-6-8-24(22(26)14-20)29-9-11-30(12-10-29)25(31)21-13-19(15-27)5-7-23(21)28-16-18-3-4-18/h5-8,13-14,18,28H,1,3-4,9-12,16H2,2H3. The first-order valence-corrected chi connectivity index (χ1v) is 10.7. The number of nitrogens with zero attached hydrogens (tertiary/aromatic N) is 3. The lowest BCUT2D eigenvalue weighted by Gasteiger charge is -2.36. The van der Waals surface area contributed by atoms with Crippen LogP contribution in [0.25, 0.3) is 5.57 Å². The van der Waals surface area contributed by atoms with Crippen LogP contribution in [0.2, 0.25) is 0 Å². The Morgan fingerprint density at radius 3 is 2.55 bits per heavy atom. The maximum absolute atomic E-state index is 14.6. The van der Waals surface area contributed by atoms with Gasteiger partial charge in [-0.2, -0.15) is 5.26 Å². The number of nitriles is 1. The summed E-state index contributed by atoms with van der Waals surface area (Å²) in [5, 5.41) is 12.6. The van der Waals surface area contributed by atoms with Gasteiger partial charge in [-0.25, -0.2) is 4.39 Å². The predicted molar refractivity (Wildman–Crippen MR) is 122 cm³/mol. The van der Waals surface area contributed by atoms with Gasteiger partial charge in [0.15, 0.2) is 0 Å². The Morgan fingerprint density at radius 2 is 1.94 bits per heavy atom. The minimum atomic E-state index is -0.270. The molecule has 4 rings (SSSR count). The normalized spacial score (nSPS) is 16.0. The molecule has 160 valence electrons. The Bertz CT molecular complexity index is 1050. The minimum absolute atomic E-state index is 0.0897. The number of carbonyl (C=O) groups excluding carboxylic acids is 1. The lowest BCUT2D eigenvalue weighted by Crippen LogP contribution is -2.49. The summed E-state index contributed by atoms with van der Waals surface area (Å²) < 4.78 is 14.6. The molecule has 2 aliphatic rings. The summed E-state index contributed by atoms with van der Waals surface area (Å²) in [6.45, 7) is 8.67. The van der Waals surface area contributed by atoms with Crippen molar-refractivity contribution in [2.24, 2.45) is 5.92 Å². The van der Waals surface area contributed by atoms with Crippen LogP contribution in [0.3, 0.4) is 0 Å². The van der Waals surface area contributed by atoms with E-state index in [1.54, 1.807) is 23.1 Å². The van der Waals surface area contributed by atoms with Gasteiger partial charge in [-0.15, -0.1) is 0 Å². The third-order valence-electron chi connectivity index (χ3n) is 6.01.